The third-order valence-electron chi connectivity index (χ3n) is 4.44. The average molecular weight is 381 g/mol. The topological polar surface area (TPSA) is 58.1 Å². The van der Waals surface area contributed by atoms with E-state index in [1.165, 1.54) is 6.07 Å². The van der Waals surface area contributed by atoms with Crippen molar-refractivity contribution in [2.45, 2.75) is 33.1 Å². The van der Waals surface area contributed by atoms with Crippen molar-refractivity contribution in [3.8, 4) is 0 Å². The number of rotatable bonds is 8. The van der Waals surface area contributed by atoms with Crippen molar-refractivity contribution >= 4 is 5.96 Å². The molecular weight excluding hydrogens is 347 g/mol. The first-order valence-electron chi connectivity index (χ1n) is 9.56. The molecule has 0 spiro atoms. The minimum absolute atomic E-state index is 0.148. The molecule has 0 aliphatic carbocycles. The number of nitrogens with one attached hydrogen (secondary N) is 2. The third-order valence-corrected chi connectivity index (χ3v) is 4.44. The summed E-state index contributed by atoms with van der Waals surface area (Å²) in [5, 5.41) is 6.59. The zero-order chi connectivity index (χ0) is 19.6. The Morgan fingerprint density at radius 3 is 2.93 bits per heavy atom. The highest BCUT2D eigenvalue weighted by Gasteiger charge is 2.21. The van der Waals surface area contributed by atoms with Crippen LogP contribution in [0.25, 0.3) is 0 Å². The van der Waals surface area contributed by atoms with Crippen molar-refractivity contribution in [2.75, 3.05) is 46.9 Å². The fourth-order valence-corrected chi connectivity index (χ4v) is 3.21. The molecule has 1 aromatic carbocycles. The number of halogens is 1. The maximum atomic E-state index is 13.7. The average Bonchev–Trinajstić information content (AvgIpc) is 2.64. The quantitative estimate of drug-likeness (QED) is 0.534. The van der Waals surface area contributed by atoms with Crippen molar-refractivity contribution in [3.63, 3.8) is 0 Å². The number of hydrogen-bond acceptors (Lipinski definition) is 4. The lowest BCUT2D eigenvalue weighted by Gasteiger charge is -2.34. The van der Waals surface area contributed by atoms with Crippen LogP contribution in [-0.2, 0) is 22.6 Å². The largest absolute Gasteiger partial charge is 0.380 e. The Labute approximate surface area is 162 Å². The summed E-state index contributed by atoms with van der Waals surface area (Å²) in [6.45, 7) is 9.79. The van der Waals surface area contributed by atoms with Crippen LogP contribution in [-0.4, -0.2) is 63.9 Å². The second-order valence-corrected chi connectivity index (χ2v) is 7.31. The molecule has 1 unspecified atom stereocenters. The molecule has 0 amide bonds. The molecule has 0 saturated carbocycles. The lowest BCUT2D eigenvalue weighted by atomic mass is 10.1. The van der Waals surface area contributed by atoms with Crippen LogP contribution in [0.15, 0.2) is 23.2 Å². The van der Waals surface area contributed by atoms with Gasteiger partial charge < -0.3 is 20.1 Å². The Morgan fingerprint density at radius 1 is 1.41 bits per heavy atom. The number of nitrogens with zero attached hydrogens (tertiary/aromatic N) is 2. The first-order chi connectivity index (χ1) is 13.0. The van der Waals surface area contributed by atoms with Crippen LogP contribution in [0, 0.1) is 11.7 Å². The maximum Gasteiger partial charge on any atom is 0.191 e. The van der Waals surface area contributed by atoms with Crippen LogP contribution in [0.5, 0.6) is 0 Å². The second-order valence-electron chi connectivity index (χ2n) is 7.31. The first-order valence-corrected chi connectivity index (χ1v) is 9.56. The van der Waals surface area contributed by atoms with E-state index in [-0.39, 0.29) is 18.5 Å². The minimum atomic E-state index is -0.247. The van der Waals surface area contributed by atoms with Gasteiger partial charge in [0.25, 0.3) is 0 Å². The van der Waals surface area contributed by atoms with E-state index < -0.39 is 0 Å². The molecule has 0 aromatic heterocycles. The van der Waals surface area contributed by atoms with Crippen LogP contribution >= 0.6 is 0 Å². The van der Waals surface area contributed by atoms with E-state index in [2.05, 4.69) is 34.4 Å². The molecule has 1 fully saturated rings. The Bertz CT molecular complexity index is 610. The van der Waals surface area contributed by atoms with Gasteiger partial charge in [0.15, 0.2) is 5.96 Å². The van der Waals surface area contributed by atoms with Gasteiger partial charge in [0.2, 0.25) is 0 Å². The molecule has 1 saturated heterocycles. The second kappa shape index (κ2) is 11.2. The molecule has 7 heteroatoms. The van der Waals surface area contributed by atoms with Crippen molar-refractivity contribution in [1.82, 2.24) is 15.5 Å². The lowest BCUT2D eigenvalue weighted by molar-refractivity contribution is -0.0284. The van der Waals surface area contributed by atoms with E-state index in [0.717, 1.165) is 31.8 Å². The van der Waals surface area contributed by atoms with Gasteiger partial charge in [0.05, 0.1) is 19.3 Å². The SMILES string of the molecule is CN=C(NCc1ccc(F)c(COC)c1)NCC1CN(CC(C)C)CCO1. The molecule has 1 atom stereocenters. The maximum absolute atomic E-state index is 13.7. The smallest absolute Gasteiger partial charge is 0.191 e. The molecule has 27 heavy (non-hydrogen) atoms. The third kappa shape index (κ3) is 7.44. The van der Waals surface area contributed by atoms with Crippen LogP contribution in [0.2, 0.25) is 0 Å². The summed E-state index contributed by atoms with van der Waals surface area (Å²) in [5.74, 6) is 1.12. The highest BCUT2D eigenvalue weighted by Crippen LogP contribution is 2.12. The van der Waals surface area contributed by atoms with Crippen LogP contribution in [0.1, 0.15) is 25.0 Å². The van der Waals surface area contributed by atoms with Gasteiger partial charge in [-0.3, -0.25) is 9.89 Å². The van der Waals surface area contributed by atoms with Crippen molar-refractivity contribution < 1.29 is 13.9 Å². The monoisotopic (exact) mass is 380 g/mol. The highest BCUT2D eigenvalue weighted by molar-refractivity contribution is 5.79. The Kier molecular flexibility index (Phi) is 8.97. The van der Waals surface area contributed by atoms with E-state index in [9.17, 15) is 4.39 Å². The van der Waals surface area contributed by atoms with Crippen molar-refractivity contribution in [2.24, 2.45) is 10.9 Å². The summed E-state index contributed by atoms with van der Waals surface area (Å²) < 4.78 is 24.6. The lowest BCUT2D eigenvalue weighted by Crippen LogP contribution is -2.50. The first kappa shape index (κ1) is 21.6. The Balaban J connectivity index is 1.80. The number of morpholine rings is 1. The highest BCUT2D eigenvalue weighted by atomic mass is 19.1. The molecule has 2 rings (SSSR count). The van der Waals surface area contributed by atoms with Crippen LogP contribution < -0.4 is 10.6 Å². The molecule has 152 valence electrons. The fraction of sp³-hybridized carbons (Fsp3) is 0.650. The summed E-state index contributed by atoms with van der Waals surface area (Å²) in [4.78, 5) is 6.71. The van der Waals surface area contributed by atoms with E-state index in [4.69, 9.17) is 9.47 Å². The van der Waals surface area contributed by atoms with Crippen molar-refractivity contribution in [1.29, 1.82) is 0 Å². The van der Waals surface area contributed by atoms with Gasteiger partial charge in [-0.1, -0.05) is 19.9 Å². The summed E-state index contributed by atoms with van der Waals surface area (Å²) in [7, 11) is 3.30. The standard InChI is InChI=1S/C20H33FN4O2/c1-15(2)12-25-7-8-27-18(13-25)11-24-20(22-3)23-10-16-5-6-19(21)17(9-16)14-26-4/h5-6,9,15,18H,7-8,10-14H2,1-4H3,(H2,22,23,24). The van der Waals surface area contributed by atoms with Gasteiger partial charge in [-0.25, -0.2) is 4.39 Å². The molecule has 1 heterocycles. The molecule has 0 radical (unpaired) electrons. The summed E-state index contributed by atoms with van der Waals surface area (Å²) in [5.41, 5.74) is 1.53. The normalized spacial score (nSPS) is 18.7. The minimum Gasteiger partial charge on any atom is -0.380 e. The van der Waals surface area contributed by atoms with Gasteiger partial charge >= 0.3 is 0 Å². The number of hydrogen-bond donors (Lipinski definition) is 2. The van der Waals surface area contributed by atoms with E-state index in [1.807, 2.05) is 6.07 Å². The number of methoxy groups -OCH3 is 1. The number of guanidine groups is 1. The predicted octanol–water partition coefficient (Wildman–Crippen LogP) is 1.99. The molecule has 2 N–H and O–H groups in total. The number of benzene rings is 1. The van der Waals surface area contributed by atoms with E-state index >= 15 is 0 Å². The van der Waals surface area contributed by atoms with E-state index in [0.29, 0.717) is 30.5 Å². The zero-order valence-electron chi connectivity index (χ0n) is 16.9. The fourth-order valence-electron chi connectivity index (χ4n) is 3.21. The summed E-state index contributed by atoms with van der Waals surface area (Å²) >= 11 is 0. The Hall–Kier alpha value is -1.70. The Morgan fingerprint density at radius 2 is 2.22 bits per heavy atom. The number of ether oxygens (including phenoxy) is 2. The van der Waals surface area contributed by atoms with Gasteiger partial charge in [0, 0.05) is 52.4 Å². The molecule has 0 bridgehead atoms. The van der Waals surface area contributed by atoms with Gasteiger partial charge in [-0.2, -0.15) is 0 Å². The van der Waals surface area contributed by atoms with E-state index in [1.54, 1.807) is 20.2 Å². The summed E-state index contributed by atoms with van der Waals surface area (Å²) in [6, 6.07) is 5.05. The molecule has 1 aromatic rings. The molecular formula is C20H33FN4O2. The van der Waals surface area contributed by atoms with Gasteiger partial charge in [-0.05, 0) is 23.6 Å². The molecule has 6 nitrogen and oxygen atoms in total. The number of aliphatic imine (C=N–C) groups is 1. The predicted molar refractivity (Wildman–Crippen MR) is 106 cm³/mol. The zero-order valence-corrected chi connectivity index (χ0v) is 16.9. The van der Waals surface area contributed by atoms with Crippen LogP contribution in [0.3, 0.4) is 0 Å². The molecule has 1 aliphatic rings. The van der Waals surface area contributed by atoms with Gasteiger partial charge in [0.1, 0.15) is 5.82 Å². The molecule has 1 aliphatic heterocycles. The van der Waals surface area contributed by atoms with Crippen LogP contribution in [0.4, 0.5) is 4.39 Å². The van der Waals surface area contributed by atoms with Gasteiger partial charge in [-0.15, -0.1) is 0 Å². The van der Waals surface area contributed by atoms with Crippen molar-refractivity contribution in [3.05, 3.63) is 35.1 Å². The summed E-state index contributed by atoms with van der Waals surface area (Å²) in [6.07, 6.45) is 0.148.